The van der Waals surface area contributed by atoms with Crippen LogP contribution in [-0.2, 0) is 10.0 Å². The van der Waals surface area contributed by atoms with E-state index in [0.29, 0.717) is 6.54 Å². The van der Waals surface area contributed by atoms with Crippen LogP contribution in [0.15, 0.2) is 0 Å². The van der Waals surface area contributed by atoms with Crippen molar-refractivity contribution in [1.29, 1.82) is 0 Å². The number of rotatable bonds is 3. The lowest BCUT2D eigenvalue weighted by Crippen LogP contribution is -2.34. The Balaban J connectivity index is 2.27. The fourth-order valence-electron chi connectivity index (χ4n) is 1.04. The van der Waals surface area contributed by atoms with Crippen molar-refractivity contribution in [3.8, 4) is 0 Å². The molecule has 0 saturated carbocycles. The van der Waals surface area contributed by atoms with Crippen LogP contribution in [0.4, 0.5) is 0 Å². The molecule has 1 aliphatic rings. The largest absolute Gasteiger partial charge is 0.301 e. The second-order valence-corrected chi connectivity index (χ2v) is 7.29. The first kappa shape index (κ1) is 11.6. The number of nitrogens with two attached hydrogens (primary N) is 1. The Morgan fingerprint density at radius 1 is 1.23 bits per heavy atom. The fourth-order valence-corrected chi connectivity index (χ4v) is 3.61. The highest BCUT2D eigenvalue weighted by molar-refractivity contribution is 8.76. The van der Waals surface area contributed by atoms with E-state index in [9.17, 15) is 8.42 Å². The normalized spacial score (nSPS) is 21.3. The topological polar surface area (TPSA) is 63.4 Å². The van der Waals surface area contributed by atoms with Crippen LogP contribution in [0, 0.1) is 0 Å². The van der Waals surface area contributed by atoms with Crippen LogP contribution in [-0.4, -0.2) is 50.2 Å². The van der Waals surface area contributed by atoms with Crippen LogP contribution >= 0.6 is 21.6 Å². The zero-order valence-corrected chi connectivity index (χ0v) is 9.76. The lowest BCUT2D eigenvalue weighted by atomic mass is 10.5. The first-order valence-corrected chi connectivity index (χ1v) is 8.25. The summed E-state index contributed by atoms with van der Waals surface area (Å²) in [5, 5.41) is 4.93. The molecule has 1 saturated heterocycles. The van der Waals surface area contributed by atoms with Gasteiger partial charge in [-0.2, -0.15) is 0 Å². The van der Waals surface area contributed by atoms with Gasteiger partial charge in [0.25, 0.3) is 0 Å². The molecule has 0 unspecified atom stereocenters. The van der Waals surface area contributed by atoms with Crippen molar-refractivity contribution < 1.29 is 8.42 Å². The van der Waals surface area contributed by atoms with Crippen molar-refractivity contribution >= 4 is 31.6 Å². The molecule has 7 heteroatoms. The summed E-state index contributed by atoms with van der Waals surface area (Å²) in [6.07, 6.45) is 0. The van der Waals surface area contributed by atoms with Crippen molar-refractivity contribution in [2.45, 2.75) is 0 Å². The van der Waals surface area contributed by atoms with Gasteiger partial charge in [0.15, 0.2) is 0 Å². The molecule has 78 valence electrons. The molecule has 0 amide bonds. The Hall–Kier alpha value is 0.570. The van der Waals surface area contributed by atoms with Crippen molar-refractivity contribution in [3.05, 3.63) is 0 Å². The number of hydrogen-bond acceptors (Lipinski definition) is 5. The molecule has 0 aromatic rings. The molecule has 0 atom stereocenters. The molecule has 0 aromatic heterocycles. The highest BCUT2D eigenvalue weighted by atomic mass is 33.1. The number of sulfonamides is 1. The third kappa shape index (κ3) is 5.79. The smallest absolute Gasteiger partial charge is 0.210 e. The predicted octanol–water partition coefficient (Wildman–Crippen LogP) is -0.0281. The van der Waals surface area contributed by atoms with Crippen LogP contribution in [0.25, 0.3) is 0 Å². The third-order valence-corrected chi connectivity index (χ3v) is 4.87. The molecule has 0 radical (unpaired) electrons. The number of primary sulfonamides is 1. The molecule has 0 bridgehead atoms. The minimum Gasteiger partial charge on any atom is -0.301 e. The van der Waals surface area contributed by atoms with E-state index >= 15 is 0 Å². The summed E-state index contributed by atoms with van der Waals surface area (Å²) in [5.74, 6) is 2.20. The summed E-state index contributed by atoms with van der Waals surface area (Å²) in [6.45, 7) is 2.50. The third-order valence-electron chi connectivity index (χ3n) is 1.76. The summed E-state index contributed by atoms with van der Waals surface area (Å²) < 4.78 is 21.4. The highest BCUT2D eigenvalue weighted by Gasteiger charge is 2.11. The predicted molar refractivity (Wildman–Crippen MR) is 59.3 cm³/mol. The van der Waals surface area contributed by atoms with Gasteiger partial charge in [-0.15, -0.1) is 0 Å². The van der Waals surface area contributed by atoms with E-state index < -0.39 is 10.0 Å². The minimum absolute atomic E-state index is 0.0718. The Kier molecular flexibility index (Phi) is 4.88. The van der Waals surface area contributed by atoms with Gasteiger partial charge in [-0.25, -0.2) is 13.6 Å². The zero-order chi connectivity index (χ0) is 9.73. The van der Waals surface area contributed by atoms with E-state index in [1.165, 1.54) is 0 Å². The molecule has 1 aliphatic heterocycles. The molecule has 1 rings (SSSR count). The van der Waals surface area contributed by atoms with Gasteiger partial charge in [-0.05, 0) is 0 Å². The van der Waals surface area contributed by atoms with Gasteiger partial charge in [-0.1, -0.05) is 21.6 Å². The molecule has 4 nitrogen and oxygen atoms in total. The monoisotopic (exact) mass is 242 g/mol. The Morgan fingerprint density at radius 2 is 1.77 bits per heavy atom. The van der Waals surface area contributed by atoms with Gasteiger partial charge in [0.1, 0.15) is 0 Å². The van der Waals surface area contributed by atoms with E-state index in [-0.39, 0.29) is 5.75 Å². The van der Waals surface area contributed by atoms with Crippen LogP contribution in [0.1, 0.15) is 0 Å². The molecule has 2 N–H and O–H groups in total. The lowest BCUT2D eigenvalue weighted by molar-refractivity contribution is 0.328. The van der Waals surface area contributed by atoms with Gasteiger partial charge in [0, 0.05) is 31.1 Å². The van der Waals surface area contributed by atoms with Crippen LogP contribution in [0.2, 0.25) is 0 Å². The molecule has 0 aliphatic carbocycles. The molecule has 1 fully saturated rings. The van der Waals surface area contributed by atoms with Crippen LogP contribution < -0.4 is 5.14 Å². The molecule has 13 heavy (non-hydrogen) atoms. The second-order valence-electron chi connectivity index (χ2n) is 2.85. The second kappa shape index (κ2) is 5.45. The maximum absolute atomic E-state index is 10.7. The zero-order valence-electron chi connectivity index (χ0n) is 7.31. The molecule has 0 spiro atoms. The van der Waals surface area contributed by atoms with Crippen LogP contribution in [0.3, 0.4) is 0 Å². The van der Waals surface area contributed by atoms with E-state index in [1.54, 1.807) is 0 Å². The van der Waals surface area contributed by atoms with Gasteiger partial charge < -0.3 is 4.90 Å². The van der Waals surface area contributed by atoms with Gasteiger partial charge >= 0.3 is 0 Å². The minimum atomic E-state index is -3.29. The standard InChI is InChI=1S/C6H14N2O2S3/c7-13(9,10)6-3-8-1-4-11-12-5-2-8/h1-6H2,(H2,7,9,10). The first-order valence-electron chi connectivity index (χ1n) is 4.05. The summed E-state index contributed by atoms with van der Waals surface area (Å²) >= 11 is 0. The quantitative estimate of drug-likeness (QED) is 0.704. The van der Waals surface area contributed by atoms with E-state index in [0.717, 1.165) is 24.6 Å². The van der Waals surface area contributed by atoms with Crippen molar-refractivity contribution in [2.24, 2.45) is 5.14 Å². The number of nitrogens with zero attached hydrogens (tertiary/aromatic N) is 1. The van der Waals surface area contributed by atoms with Crippen molar-refractivity contribution in [1.82, 2.24) is 4.90 Å². The summed E-state index contributed by atoms with van der Waals surface area (Å²) in [6, 6.07) is 0. The Morgan fingerprint density at radius 3 is 2.23 bits per heavy atom. The van der Waals surface area contributed by atoms with Crippen molar-refractivity contribution in [3.63, 3.8) is 0 Å². The Bertz CT molecular complexity index is 234. The molecular weight excluding hydrogens is 228 g/mol. The fraction of sp³-hybridized carbons (Fsp3) is 1.00. The van der Waals surface area contributed by atoms with Crippen LogP contribution in [0.5, 0.6) is 0 Å². The molecule has 1 heterocycles. The average Bonchev–Trinajstić information content (AvgIpc) is 2.26. The van der Waals surface area contributed by atoms with Gasteiger partial charge in [-0.3, -0.25) is 0 Å². The maximum Gasteiger partial charge on any atom is 0.210 e. The summed E-state index contributed by atoms with van der Waals surface area (Å²) in [5.41, 5.74) is 0. The van der Waals surface area contributed by atoms with Gasteiger partial charge in [0.05, 0.1) is 5.75 Å². The van der Waals surface area contributed by atoms with E-state index in [4.69, 9.17) is 5.14 Å². The summed E-state index contributed by atoms with van der Waals surface area (Å²) in [7, 11) is 0.404. The highest BCUT2D eigenvalue weighted by Crippen LogP contribution is 2.23. The van der Waals surface area contributed by atoms with Gasteiger partial charge in [0.2, 0.25) is 10.0 Å². The lowest BCUT2D eigenvalue weighted by Gasteiger charge is -2.17. The molecular formula is C6H14N2O2S3. The SMILES string of the molecule is NS(=O)(=O)CCN1CCSSCC1. The van der Waals surface area contributed by atoms with E-state index in [2.05, 4.69) is 4.90 Å². The summed E-state index contributed by atoms with van der Waals surface area (Å²) in [4.78, 5) is 2.15. The first-order chi connectivity index (χ1) is 6.08. The number of hydrogen-bond donors (Lipinski definition) is 1. The van der Waals surface area contributed by atoms with Crippen molar-refractivity contribution in [2.75, 3.05) is 36.9 Å². The maximum atomic E-state index is 10.7. The average molecular weight is 242 g/mol. The van der Waals surface area contributed by atoms with E-state index in [1.807, 2.05) is 21.6 Å². The Labute approximate surface area is 87.1 Å². The molecule has 0 aromatic carbocycles.